The maximum absolute atomic E-state index is 9.90. The van der Waals surface area contributed by atoms with E-state index in [1.807, 2.05) is 0 Å². The van der Waals surface area contributed by atoms with Crippen LogP contribution in [-0.4, -0.2) is 62.8 Å². The summed E-state index contributed by atoms with van der Waals surface area (Å²) in [5, 5.41) is 43.5. The lowest BCUT2D eigenvalue weighted by atomic mass is 10.0. The van der Waals surface area contributed by atoms with Gasteiger partial charge in [-0.3, -0.25) is 0 Å². The molecule has 0 heterocycles. The summed E-state index contributed by atoms with van der Waals surface area (Å²) in [5.41, 5.74) is 0. The Morgan fingerprint density at radius 3 is 1.92 bits per heavy atom. The number of carbonyl (C=O) groups excluding carboxylic acids is 1. The van der Waals surface area contributed by atoms with Crippen molar-refractivity contribution in [1.29, 1.82) is 0 Å². The zero-order valence-electron chi connectivity index (χ0n) is 6.24. The van der Waals surface area contributed by atoms with Crippen molar-refractivity contribution in [3.63, 3.8) is 0 Å². The molecule has 0 saturated heterocycles. The van der Waals surface area contributed by atoms with Crippen LogP contribution in [-0.2, 0) is 4.79 Å². The van der Waals surface area contributed by atoms with Gasteiger partial charge in [0.15, 0.2) is 6.29 Å². The second-order valence-electron chi connectivity index (χ2n) is 2.36. The average molecular weight is 180 g/mol. The molecule has 6 nitrogen and oxygen atoms in total. The normalized spacial score (nSPS) is 21.1. The predicted octanol–water partition coefficient (Wildman–Crippen LogP) is -3.38. The summed E-state index contributed by atoms with van der Waals surface area (Å²) in [6.45, 7) is -0.760. The Balaban J connectivity index is 4.07. The van der Waals surface area contributed by atoms with E-state index in [1.54, 1.807) is 0 Å². The van der Waals surface area contributed by atoms with Crippen LogP contribution < -0.4 is 0 Å². The highest BCUT2D eigenvalue weighted by molar-refractivity contribution is 5.56. The highest BCUT2D eigenvalue weighted by Crippen LogP contribution is 2.02. The van der Waals surface area contributed by atoms with E-state index in [0.29, 0.717) is 0 Å². The van der Waals surface area contributed by atoms with Crippen molar-refractivity contribution in [2.45, 2.75) is 24.4 Å². The predicted molar refractivity (Wildman–Crippen MR) is 37.2 cm³/mol. The molecule has 4 atom stereocenters. The van der Waals surface area contributed by atoms with E-state index in [1.165, 1.54) is 0 Å². The molecular formula is C6H12O6. The maximum atomic E-state index is 9.90. The molecule has 0 radical (unpaired) electrons. The first-order valence-corrected chi connectivity index (χ1v) is 3.33. The summed E-state index contributed by atoms with van der Waals surface area (Å²) in [6, 6.07) is 0. The Hall–Kier alpha value is -0.530. The average Bonchev–Trinajstić information content (AvgIpc) is 2.12. The van der Waals surface area contributed by atoms with Gasteiger partial charge in [0.05, 0.1) is 6.61 Å². The molecule has 0 aromatic rings. The van der Waals surface area contributed by atoms with Gasteiger partial charge in [-0.25, -0.2) is 0 Å². The van der Waals surface area contributed by atoms with Crippen LogP contribution in [0.5, 0.6) is 0 Å². The number of carbonyl (C=O) groups is 1. The SMILES string of the molecule is O=CC(O)[C@H](O)[C@@H](O)C(O)CO. The van der Waals surface area contributed by atoms with Gasteiger partial charge in [0.25, 0.3) is 0 Å². The molecule has 0 aromatic carbocycles. The molecule has 0 fully saturated rings. The molecule has 72 valence electrons. The molecule has 0 aliphatic carbocycles. The van der Waals surface area contributed by atoms with Gasteiger partial charge in [-0.05, 0) is 0 Å². The van der Waals surface area contributed by atoms with Crippen molar-refractivity contribution in [3.8, 4) is 0 Å². The molecular weight excluding hydrogens is 168 g/mol. The van der Waals surface area contributed by atoms with E-state index in [2.05, 4.69) is 0 Å². The molecule has 0 aliphatic rings. The van der Waals surface area contributed by atoms with Crippen LogP contribution in [0.1, 0.15) is 0 Å². The molecule has 6 heteroatoms. The molecule has 12 heavy (non-hydrogen) atoms. The van der Waals surface area contributed by atoms with E-state index in [-0.39, 0.29) is 6.29 Å². The summed E-state index contributed by atoms with van der Waals surface area (Å²) in [6.07, 6.45) is -6.84. The number of aldehydes is 1. The molecule has 0 rings (SSSR count). The fourth-order valence-electron chi connectivity index (χ4n) is 0.618. The first kappa shape index (κ1) is 11.5. The Kier molecular flexibility index (Phi) is 4.95. The van der Waals surface area contributed by atoms with Gasteiger partial charge in [-0.15, -0.1) is 0 Å². The summed E-state index contributed by atoms with van der Waals surface area (Å²) < 4.78 is 0. The standard InChI is InChI=1S/C6H12O6/c7-1-3(9)5(11)6(12)4(10)2-8/h1,3-6,8-12H,2H2/t3?,4?,5-,6-/m0/s1. The van der Waals surface area contributed by atoms with E-state index in [9.17, 15) is 4.79 Å². The topological polar surface area (TPSA) is 118 Å². The van der Waals surface area contributed by atoms with Crippen molar-refractivity contribution in [2.24, 2.45) is 0 Å². The summed E-state index contributed by atoms with van der Waals surface area (Å²) >= 11 is 0. The van der Waals surface area contributed by atoms with Crippen LogP contribution in [0.2, 0.25) is 0 Å². The lowest BCUT2D eigenvalue weighted by molar-refractivity contribution is -0.136. The third-order valence-electron chi connectivity index (χ3n) is 1.42. The van der Waals surface area contributed by atoms with Crippen LogP contribution in [0.4, 0.5) is 0 Å². The highest BCUT2D eigenvalue weighted by atomic mass is 16.4. The number of rotatable bonds is 5. The Bertz CT molecular complexity index is 138. The first-order valence-electron chi connectivity index (χ1n) is 3.33. The zero-order valence-corrected chi connectivity index (χ0v) is 6.24. The lowest BCUT2D eigenvalue weighted by Crippen LogP contribution is -2.46. The summed E-state index contributed by atoms with van der Waals surface area (Å²) in [4.78, 5) is 9.90. The number of aliphatic hydroxyl groups excluding tert-OH is 5. The van der Waals surface area contributed by atoms with Crippen LogP contribution in [0, 0.1) is 0 Å². The number of hydrogen-bond donors (Lipinski definition) is 5. The molecule has 0 spiro atoms. The van der Waals surface area contributed by atoms with E-state index >= 15 is 0 Å². The molecule has 0 aliphatic heterocycles. The van der Waals surface area contributed by atoms with Crippen LogP contribution >= 0.6 is 0 Å². The number of aliphatic hydroxyl groups is 5. The van der Waals surface area contributed by atoms with E-state index in [4.69, 9.17) is 25.5 Å². The van der Waals surface area contributed by atoms with Crippen LogP contribution in [0.3, 0.4) is 0 Å². The monoisotopic (exact) mass is 180 g/mol. The molecule has 5 N–H and O–H groups in total. The van der Waals surface area contributed by atoms with Gasteiger partial charge in [-0.2, -0.15) is 0 Å². The Labute approximate surface area is 68.7 Å². The third kappa shape index (κ3) is 2.84. The van der Waals surface area contributed by atoms with Gasteiger partial charge in [0.2, 0.25) is 0 Å². The van der Waals surface area contributed by atoms with Gasteiger partial charge < -0.3 is 30.3 Å². The van der Waals surface area contributed by atoms with Crippen LogP contribution in [0.25, 0.3) is 0 Å². The molecule has 0 aromatic heterocycles. The van der Waals surface area contributed by atoms with Gasteiger partial charge in [0, 0.05) is 0 Å². The minimum Gasteiger partial charge on any atom is -0.394 e. The van der Waals surface area contributed by atoms with Crippen molar-refractivity contribution < 1.29 is 30.3 Å². The maximum Gasteiger partial charge on any atom is 0.151 e. The smallest absolute Gasteiger partial charge is 0.151 e. The van der Waals surface area contributed by atoms with Crippen molar-refractivity contribution >= 4 is 6.29 Å². The van der Waals surface area contributed by atoms with Crippen LogP contribution in [0.15, 0.2) is 0 Å². The third-order valence-corrected chi connectivity index (χ3v) is 1.42. The molecule has 0 amide bonds. The lowest BCUT2D eigenvalue weighted by Gasteiger charge is -2.22. The first-order chi connectivity index (χ1) is 5.54. The second kappa shape index (κ2) is 5.18. The highest BCUT2D eigenvalue weighted by Gasteiger charge is 2.29. The summed E-state index contributed by atoms with van der Waals surface area (Å²) in [7, 11) is 0. The van der Waals surface area contributed by atoms with E-state index in [0.717, 1.165) is 0 Å². The van der Waals surface area contributed by atoms with Crippen molar-refractivity contribution in [1.82, 2.24) is 0 Å². The van der Waals surface area contributed by atoms with Crippen molar-refractivity contribution in [3.05, 3.63) is 0 Å². The number of hydrogen-bond acceptors (Lipinski definition) is 6. The fourth-order valence-corrected chi connectivity index (χ4v) is 0.618. The minimum atomic E-state index is -1.79. The summed E-state index contributed by atoms with van der Waals surface area (Å²) in [5.74, 6) is 0. The molecule has 0 bridgehead atoms. The molecule has 2 unspecified atom stereocenters. The minimum absolute atomic E-state index is 0.0258. The van der Waals surface area contributed by atoms with Crippen molar-refractivity contribution in [2.75, 3.05) is 6.61 Å². The quantitative estimate of drug-likeness (QED) is 0.282. The zero-order chi connectivity index (χ0) is 9.72. The molecule has 0 saturated carbocycles. The Morgan fingerprint density at radius 1 is 1.08 bits per heavy atom. The van der Waals surface area contributed by atoms with Gasteiger partial charge >= 0.3 is 0 Å². The Morgan fingerprint density at radius 2 is 1.58 bits per heavy atom. The fraction of sp³-hybridized carbons (Fsp3) is 0.833. The van der Waals surface area contributed by atoms with Gasteiger partial charge in [-0.1, -0.05) is 0 Å². The largest absolute Gasteiger partial charge is 0.394 e. The van der Waals surface area contributed by atoms with E-state index < -0.39 is 31.0 Å². The second-order valence-corrected chi connectivity index (χ2v) is 2.36. The van der Waals surface area contributed by atoms with Gasteiger partial charge in [0.1, 0.15) is 24.4 Å².